The largest absolute Gasteiger partial charge is 0.426 e. The van der Waals surface area contributed by atoms with Gasteiger partial charge in [0, 0.05) is 10.6 Å². The van der Waals surface area contributed by atoms with E-state index in [1.165, 1.54) is 0 Å². The van der Waals surface area contributed by atoms with Gasteiger partial charge in [0.25, 0.3) is 11.1 Å². The van der Waals surface area contributed by atoms with Gasteiger partial charge in [-0.1, -0.05) is 41.6 Å². The van der Waals surface area contributed by atoms with Crippen molar-refractivity contribution in [2.75, 3.05) is 5.75 Å². The van der Waals surface area contributed by atoms with Crippen molar-refractivity contribution in [2.24, 2.45) is 0 Å². The van der Waals surface area contributed by atoms with E-state index in [1.54, 1.807) is 48.5 Å². The summed E-state index contributed by atoms with van der Waals surface area (Å²) in [7, 11) is 0. The fraction of sp³-hybridized carbons (Fsp3) is 0.111. The van der Waals surface area contributed by atoms with Crippen molar-refractivity contribution in [1.82, 2.24) is 15.5 Å². The molecule has 3 rings (SSSR count). The Hall–Kier alpha value is -2.84. The predicted octanol–water partition coefficient (Wildman–Crippen LogP) is 3.35. The topological polar surface area (TPSA) is 94.3 Å². The van der Waals surface area contributed by atoms with Crippen LogP contribution in [0.4, 0.5) is 0 Å². The molecular formula is C18H14ClN3O4S. The number of nitrogens with one attached hydrogen (secondary N) is 1. The second-order valence-corrected chi connectivity index (χ2v) is 6.59. The van der Waals surface area contributed by atoms with Gasteiger partial charge in [-0.15, -0.1) is 10.2 Å². The van der Waals surface area contributed by atoms with E-state index < -0.39 is 5.97 Å². The van der Waals surface area contributed by atoms with Crippen molar-refractivity contribution in [1.29, 1.82) is 0 Å². The Morgan fingerprint density at radius 1 is 1.07 bits per heavy atom. The number of rotatable bonds is 7. The molecule has 0 aliphatic rings. The standard InChI is InChI=1S/C18H14ClN3O4S/c19-13-6-8-14(9-7-13)25-16(23)11-27-18-22-21-15(26-18)10-20-17(24)12-4-2-1-3-5-12/h1-9H,10-11H2,(H,20,24). The summed E-state index contributed by atoms with van der Waals surface area (Å²) >= 11 is 6.82. The van der Waals surface area contributed by atoms with Crippen LogP contribution in [0.5, 0.6) is 5.75 Å². The van der Waals surface area contributed by atoms with Crippen LogP contribution in [0, 0.1) is 0 Å². The summed E-state index contributed by atoms with van der Waals surface area (Å²) in [6, 6.07) is 15.3. The molecule has 0 aliphatic carbocycles. The Morgan fingerprint density at radius 2 is 1.81 bits per heavy atom. The van der Waals surface area contributed by atoms with Crippen LogP contribution in [0.3, 0.4) is 0 Å². The zero-order valence-electron chi connectivity index (χ0n) is 13.9. The fourth-order valence-electron chi connectivity index (χ4n) is 2.00. The maximum absolute atomic E-state index is 12.0. The molecule has 0 bridgehead atoms. The highest BCUT2D eigenvalue weighted by Gasteiger charge is 2.12. The molecule has 0 aliphatic heterocycles. The lowest BCUT2D eigenvalue weighted by molar-refractivity contribution is -0.131. The molecule has 0 unspecified atom stereocenters. The minimum atomic E-state index is -0.459. The second-order valence-electron chi connectivity index (χ2n) is 5.23. The van der Waals surface area contributed by atoms with Crippen LogP contribution < -0.4 is 10.1 Å². The lowest BCUT2D eigenvalue weighted by Crippen LogP contribution is -2.22. The summed E-state index contributed by atoms with van der Waals surface area (Å²) in [6.07, 6.45) is 0. The van der Waals surface area contributed by atoms with E-state index in [-0.39, 0.29) is 29.3 Å². The van der Waals surface area contributed by atoms with E-state index in [0.717, 1.165) is 11.8 Å². The average Bonchev–Trinajstić information content (AvgIpc) is 3.15. The Bertz CT molecular complexity index is 916. The van der Waals surface area contributed by atoms with E-state index in [2.05, 4.69) is 15.5 Å². The minimum absolute atomic E-state index is 0.000629. The number of benzene rings is 2. The number of carbonyl (C=O) groups is 2. The molecule has 1 amide bonds. The first-order valence-electron chi connectivity index (χ1n) is 7.85. The third kappa shape index (κ3) is 5.83. The number of ether oxygens (including phenoxy) is 1. The lowest BCUT2D eigenvalue weighted by atomic mass is 10.2. The molecule has 0 fully saturated rings. The van der Waals surface area contributed by atoms with Crippen LogP contribution in [0.2, 0.25) is 5.02 Å². The molecule has 3 aromatic rings. The summed E-state index contributed by atoms with van der Waals surface area (Å²) in [6.45, 7) is 0.0938. The Labute approximate surface area is 164 Å². The predicted molar refractivity (Wildman–Crippen MR) is 99.7 cm³/mol. The average molecular weight is 404 g/mol. The maximum Gasteiger partial charge on any atom is 0.321 e. The van der Waals surface area contributed by atoms with Crippen molar-refractivity contribution >= 4 is 35.2 Å². The van der Waals surface area contributed by atoms with Crippen molar-refractivity contribution in [3.05, 3.63) is 71.1 Å². The van der Waals surface area contributed by atoms with E-state index in [9.17, 15) is 9.59 Å². The SMILES string of the molecule is O=C(CSc1nnc(CNC(=O)c2ccccc2)o1)Oc1ccc(Cl)cc1. The van der Waals surface area contributed by atoms with Crippen molar-refractivity contribution < 1.29 is 18.7 Å². The third-order valence-electron chi connectivity index (χ3n) is 3.24. The molecule has 1 heterocycles. The first-order chi connectivity index (χ1) is 13.1. The minimum Gasteiger partial charge on any atom is -0.426 e. The van der Waals surface area contributed by atoms with Crippen LogP contribution in [0.25, 0.3) is 0 Å². The molecule has 9 heteroatoms. The Balaban J connectivity index is 1.44. The third-order valence-corrected chi connectivity index (χ3v) is 4.29. The van der Waals surface area contributed by atoms with Gasteiger partial charge in [-0.25, -0.2) is 0 Å². The monoisotopic (exact) mass is 403 g/mol. The van der Waals surface area contributed by atoms with Gasteiger partial charge < -0.3 is 14.5 Å². The molecule has 0 spiro atoms. The van der Waals surface area contributed by atoms with Crippen LogP contribution in [-0.2, 0) is 11.3 Å². The zero-order chi connectivity index (χ0) is 19.1. The highest BCUT2D eigenvalue weighted by Crippen LogP contribution is 2.19. The number of nitrogens with zero attached hydrogens (tertiary/aromatic N) is 2. The summed E-state index contributed by atoms with van der Waals surface area (Å²) in [5.74, 6) is -0.0534. The van der Waals surface area contributed by atoms with Gasteiger partial charge in [-0.2, -0.15) is 0 Å². The van der Waals surface area contributed by atoms with E-state index in [0.29, 0.717) is 16.3 Å². The van der Waals surface area contributed by atoms with Gasteiger partial charge in [0.05, 0.1) is 6.54 Å². The number of carbonyl (C=O) groups excluding carboxylic acids is 2. The molecular weight excluding hydrogens is 390 g/mol. The van der Waals surface area contributed by atoms with Gasteiger partial charge >= 0.3 is 5.97 Å². The summed E-state index contributed by atoms with van der Waals surface area (Å²) < 4.78 is 10.5. The number of halogens is 1. The highest BCUT2D eigenvalue weighted by atomic mass is 35.5. The van der Waals surface area contributed by atoms with E-state index in [1.807, 2.05) is 6.07 Å². The van der Waals surface area contributed by atoms with Gasteiger partial charge in [-0.3, -0.25) is 9.59 Å². The molecule has 0 atom stereocenters. The van der Waals surface area contributed by atoms with Gasteiger partial charge in [0.2, 0.25) is 5.89 Å². The molecule has 7 nitrogen and oxygen atoms in total. The normalized spacial score (nSPS) is 10.4. The van der Waals surface area contributed by atoms with Crippen LogP contribution >= 0.6 is 23.4 Å². The first-order valence-corrected chi connectivity index (χ1v) is 9.21. The molecule has 1 aromatic heterocycles. The maximum atomic E-state index is 12.0. The van der Waals surface area contributed by atoms with Gasteiger partial charge in [0.1, 0.15) is 11.5 Å². The van der Waals surface area contributed by atoms with Crippen LogP contribution in [0.1, 0.15) is 16.2 Å². The van der Waals surface area contributed by atoms with Crippen molar-refractivity contribution in [3.8, 4) is 5.75 Å². The first kappa shape index (κ1) is 18.9. The van der Waals surface area contributed by atoms with E-state index >= 15 is 0 Å². The molecule has 0 radical (unpaired) electrons. The van der Waals surface area contributed by atoms with Crippen LogP contribution in [0.15, 0.2) is 64.2 Å². The number of thioether (sulfide) groups is 1. The van der Waals surface area contributed by atoms with Crippen molar-refractivity contribution in [2.45, 2.75) is 11.8 Å². The highest BCUT2D eigenvalue weighted by molar-refractivity contribution is 7.99. The molecule has 27 heavy (non-hydrogen) atoms. The summed E-state index contributed by atoms with van der Waals surface area (Å²) in [5.41, 5.74) is 0.538. The molecule has 1 N–H and O–H groups in total. The van der Waals surface area contributed by atoms with Gasteiger partial charge in [-0.05, 0) is 36.4 Å². The summed E-state index contributed by atoms with van der Waals surface area (Å²) in [4.78, 5) is 23.8. The number of amides is 1. The smallest absolute Gasteiger partial charge is 0.321 e. The number of hydrogen-bond acceptors (Lipinski definition) is 7. The zero-order valence-corrected chi connectivity index (χ0v) is 15.5. The number of esters is 1. The van der Waals surface area contributed by atoms with Crippen LogP contribution in [-0.4, -0.2) is 27.8 Å². The molecule has 2 aromatic carbocycles. The fourth-order valence-corrected chi connectivity index (χ4v) is 2.68. The Kier molecular flexibility index (Phi) is 6.45. The van der Waals surface area contributed by atoms with Crippen molar-refractivity contribution in [3.63, 3.8) is 0 Å². The molecule has 0 saturated carbocycles. The summed E-state index contributed by atoms with van der Waals surface area (Å²) in [5, 5.41) is 11.1. The number of aromatic nitrogens is 2. The lowest BCUT2D eigenvalue weighted by Gasteiger charge is -2.03. The quantitative estimate of drug-likeness (QED) is 0.367. The van der Waals surface area contributed by atoms with Gasteiger partial charge in [0.15, 0.2) is 0 Å². The molecule has 0 saturated heterocycles. The second kappa shape index (κ2) is 9.20. The Morgan fingerprint density at radius 3 is 2.56 bits per heavy atom. The number of hydrogen-bond donors (Lipinski definition) is 1. The molecule has 138 valence electrons. The van der Waals surface area contributed by atoms with E-state index in [4.69, 9.17) is 20.8 Å².